The van der Waals surface area contributed by atoms with Gasteiger partial charge in [0.2, 0.25) is 5.82 Å². The fourth-order valence-corrected chi connectivity index (χ4v) is 1.02. The lowest BCUT2D eigenvalue weighted by atomic mass is 10.1. The third kappa shape index (κ3) is 3.99. The third-order valence-corrected chi connectivity index (χ3v) is 2.27. The van der Waals surface area contributed by atoms with Gasteiger partial charge in [-0.2, -0.15) is 0 Å². The van der Waals surface area contributed by atoms with Crippen LogP contribution in [0, 0.1) is 0 Å². The molecule has 0 atom stereocenters. The second-order valence-corrected chi connectivity index (χ2v) is 4.07. The van der Waals surface area contributed by atoms with E-state index in [9.17, 15) is 4.79 Å². The molecule has 0 aliphatic carbocycles. The molecule has 0 aromatic carbocycles. The number of anilines is 1. The number of carbonyl (C=O) groups is 1. The van der Waals surface area contributed by atoms with Crippen LogP contribution in [-0.2, 0) is 9.47 Å². The zero-order valence-electron chi connectivity index (χ0n) is 10.5. The maximum Gasteiger partial charge on any atom is 0.376 e. The molecule has 0 spiro atoms. The van der Waals surface area contributed by atoms with E-state index in [1.165, 1.54) is 13.3 Å². The van der Waals surface area contributed by atoms with Gasteiger partial charge in [0.1, 0.15) is 5.82 Å². The van der Waals surface area contributed by atoms with Crippen molar-refractivity contribution in [2.45, 2.75) is 19.4 Å². The first kappa shape index (κ1) is 13.4. The van der Waals surface area contributed by atoms with Crippen LogP contribution in [0.5, 0.6) is 0 Å². The number of rotatable bonds is 5. The van der Waals surface area contributed by atoms with Gasteiger partial charge in [0.15, 0.2) is 0 Å². The average Bonchev–Trinajstić information content (AvgIpc) is 2.36. The Labute approximate surface area is 100 Å². The summed E-state index contributed by atoms with van der Waals surface area (Å²) in [7, 11) is 2.93. The smallest absolute Gasteiger partial charge is 0.376 e. The van der Waals surface area contributed by atoms with Gasteiger partial charge in [-0.25, -0.2) is 14.8 Å². The fourth-order valence-electron chi connectivity index (χ4n) is 1.02. The number of carbonyl (C=O) groups excluding carboxylic acids is 1. The predicted octanol–water partition coefficient (Wildman–Crippen LogP) is 1.10. The molecule has 1 rings (SSSR count). The quantitative estimate of drug-likeness (QED) is 0.776. The fraction of sp³-hybridized carbons (Fsp3) is 0.545. The average molecular weight is 239 g/mol. The van der Waals surface area contributed by atoms with Crippen LogP contribution in [0.25, 0.3) is 0 Å². The van der Waals surface area contributed by atoms with Gasteiger partial charge in [-0.05, 0) is 19.9 Å². The third-order valence-electron chi connectivity index (χ3n) is 2.27. The normalized spacial score (nSPS) is 11.1. The van der Waals surface area contributed by atoms with Gasteiger partial charge in [0, 0.05) is 19.9 Å². The highest BCUT2D eigenvalue weighted by Gasteiger charge is 2.16. The van der Waals surface area contributed by atoms with Crippen LogP contribution in [0.15, 0.2) is 12.3 Å². The van der Waals surface area contributed by atoms with E-state index in [1.807, 2.05) is 13.8 Å². The van der Waals surface area contributed by atoms with Crippen LogP contribution in [0.3, 0.4) is 0 Å². The lowest BCUT2D eigenvalue weighted by molar-refractivity contribution is 0.0343. The van der Waals surface area contributed by atoms with Crippen molar-refractivity contribution in [1.29, 1.82) is 0 Å². The molecule has 0 amide bonds. The molecule has 94 valence electrons. The van der Waals surface area contributed by atoms with E-state index in [2.05, 4.69) is 20.0 Å². The van der Waals surface area contributed by atoms with E-state index in [4.69, 9.17) is 4.74 Å². The molecule has 0 saturated heterocycles. The van der Waals surface area contributed by atoms with Gasteiger partial charge in [-0.15, -0.1) is 0 Å². The van der Waals surface area contributed by atoms with Crippen LogP contribution in [0.2, 0.25) is 0 Å². The number of nitrogens with one attached hydrogen (secondary N) is 1. The number of hydrogen-bond donors (Lipinski definition) is 1. The summed E-state index contributed by atoms with van der Waals surface area (Å²) in [4.78, 5) is 19.1. The van der Waals surface area contributed by atoms with E-state index < -0.39 is 5.97 Å². The maximum atomic E-state index is 11.2. The summed E-state index contributed by atoms with van der Waals surface area (Å²) in [5, 5.41) is 3.07. The largest absolute Gasteiger partial charge is 0.463 e. The summed E-state index contributed by atoms with van der Waals surface area (Å²) in [6, 6.07) is 1.68. The Hall–Kier alpha value is -1.69. The second-order valence-electron chi connectivity index (χ2n) is 4.07. The van der Waals surface area contributed by atoms with Crippen molar-refractivity contribution < 1.29 is 14.3 Å². The molecule has 1 N–H and O–H groups in total. The molecule has 0 saturated carbocycles. The Kier molecular flexibility index (Phi) is 4.39. The number of nitrogens with zero attached hydrogens (tertiary/aromatic N) is 2. The van der Waals surface area contributed by atoms with E-state index in [1.54, 1.807) is 13.2 Å². The zero-order valence-corrected chi connectivity index (χ0v) is 10.5. The summed E-state index contributed by atoms with van der Waals surface area (Å²) in [5.41, 5.74) is -0.309. The van der Waals surface area contributed by atoms with Crippen molar-refractivity contribution in [2.75, 3.05) is 26.1 Å². The van der Waals surface area contributed by atoms with Gasteiger partial charge in [0.05, 0.1) is 12.7 Å². The molecule has 1 aromatic heterocycles. The van der Waals surface area contributed by atoms with Crippen LogP contribution < -0.4 is 5.32 Å². The van der Waals surface area contributed by atoms with Gasteiger partial charge in [-0.1, -0.05) is 0 Å². The number of ether oxygens (including phenoxy) is 2. The van der Waals surface area contributed by atoms with Gasteiger partial charge in [0.25, 0.3) is 0 Å². The molecule has 1 heterocycles. The Morgan fingerprint density at radius 2 is 2.18 bits per heavy atom. The topological polar surface area (TPSA) is 73.3 Å². The summed E-state index contributed by atoms with van der Waals surface area (Å²) in [6.07, 6.45) is 1.50. The molecule has 1 aromatic rings. The minimum atomic E-state index is -0.556. The first-order valence-corrected chi connectivity index (χ1v) is 5.19. The Bertz CT molecular complexity index is 393. The first-order chi connectivity index (χ1) is 7.98. The number of methoxy groups -OCH3 is 2. The summed E-state index contributed by atoms with van der Waals surface area (Å²) in [6.45, 7) is 4.46. The molecule has 0 aliphatic rings. The molecule has 0 fully saturated rings. The van der Waals surface area contributed by atoms with Crippen molar-refractivity contribution in [3.05, 3.63) is 18.1 Å². The molecule has 0 bridgehead atoms. The van der Waals surface area contributed by atoms with E-state index in [0.717, 1.165) is 0 Å². The SMILES string of the molecule is COC(=O)c1nccc(NCC(C)(C)OC)n1. The van der Waals surface area contributed by atoms with E-state index >= 15 is 0 Å². The van der Waals surface area contributed by atoms with Crippen molar-refractivity contribution >= 4 is 11.8 Å². The molecule has 6 nitrogen and oxygen atoms in total. The van der Waals surface area contributed by atoms with Crippen LogP contribution in [-0.4, -0.2) is 42.3 Å². The molecule has 6 heteroatoms. The van der Waals surface area contributed by atoms with Crippen molar-refractivity contribution in [1.82, 2.24) is 9.97 Å². The van der Waals surface area contributed by atoms with Crippen molar-refractivity contribution in [3.8, 4) is 0 Å². The van der Waals surface area contributed by atoms with Crippen LogP contribution in [0.4, 0.5) is 5.82 Å². The standard InChI is InChI=1S/C11H17N3O3/c1-11(2,17-4)7-13-8-5-6-12-9(14-8)10(15)16-3/h5-6H,7H2,1-4H3,(H,12,13,14). The van der Waals surface area contributed by atoms with Crippen molar-refractivity contribution in [3.63, 3.8) is 0 Å². The Morgan fingerprint density at radius 3 is 2.76 bits per heavy atom. The molecule has 17 heavy (non-hydrogen) atoms. The number of esters is 1. The highest BCUT2D eigenvalue weighted by molar-refractivity contribution is 5.85. The van der Waals surface area contributed by atoms with E-state index in [0.29, 0.717) is 12.4 Å². The zero-order chi connectivity index (χ0) is 12.9. The first-order valence-electron chi connectivity index (χ1n) is 5.19. The number of hydrogen-bond acceptors (Lipinski definition) is 6. The highest BCUT2D eigenvalue weighted by Crippen LogP contribution is 2.09. The Morgan fingerprint density at radius 1 is 1.47 bits per heavy atom. The molecule has 0 unspecified atom stereocenters. The monoisotopic (exact) mass is 239 g/mol. The lowest BCUT2D eigenvalue weighted by Crippen LogP contribution is -2.32. The maximum absolute atomic E-state index is 11.2. The minimum Gasteiger partial charge on any atom is -0.463 e. The second kappa shape index (κ2) is 5.58. The van der Waals surface area contributed by atoms with E-state index in [-0.39, 0.29) is 11.4 Å². The number of aromatic nitrogens is 2. The summed E-state index contributed by atoms with van der Waals surface area (Å²) in [5.74, 6) is 0.0397. The lowest BCUT2D eigenvalue weighted by Gasteiger charge is -2.23. The van der Waals surface area contributed by atoms with Gasteiger partial charge < -0.3 is 14.8 Å². The van der Waals surface area contributed by atoms with Crippen molar-refractivity contribution in [2.24, 2.45) is 0 Å². The van der Waals surface area contributed by atoms with Crippen LogP contribution in [0.1, 0.15) is 24.5 Å². The molecule has 0 radical (unpaired) electrons. The van der Waals surface area contributed by atoms with Gasteiger partial charge >= 0.3 is 5.97 Å². The Balaban J connectivity index is 2.70. The molecular formula is C11H17N3O3. The summed E-state index contributed by atoms with van der Waals surface area (Å²) >= 11 is 0. The van der Waals surface area contributed by atoms with Gasteiger partial charge in [-0.3, -0.25) is 0 Å². The molecular weight excluding hydrogens is 222 g/mol. The van der Waals surface area contributed by atoms with Crippen LogP contribution >= 0.6 is 0 Å². The predicted molar refractivity (Wildman–Crippen MR) is 62.9 cm³/mol. The highest BCUT2D eigenvalue weighted by atomic mass is 16.5. The molecule has 0 aliphatic heterocycles. The summed E-state index contributed by atoms with van der Waals surface area (Å²) < 4.78 is 9.80. The minimum absolute atomic E-state index is 0.0349.